The van der Waals surface area contributed by atoms with E-state index in [2.05, 4.69) is 20.9 Å². The molecule has 3 nitrogen and oxygen atoms in total. The third kappa shape index (κ3) is 3.44. The first-order chi connectivity index (χ1) is 9.43. The molecule has 1 N–H and O–H groups in total. The Morgan fingerprint density at radius 2 is 2.10 bits per heavy atom. The van der Waals surface area contributed by atoms with Crippen LogP contribution in [0, 0.1) is 0 Å². The van der Waals surface area contributed by atoms with E-state index < -0.39 is 11.7 Å². The van der Waals surface area contributed by atoms with Crippen molar-refractivity contribution in [1.82, 2.24) is 4.98 Å². The van der Waals surface area contributed by atoms with Gasteiger partial charge in [-0.1, -0.05) is 12.8 Å². The Kier molecular flexibility index (Phi) is 4.90. The summed E-state index contributed by atoms with van der Waals surface area (Å²) >= 11 is 3.03. The van der Waals surface area contributed by atoms with Gasteiger partial charge in [0.25, 0.3) is 0 Å². The summed E-state index contributed by atoms with van der Waals surface area (Å²) in [5.74, 6) is -0.0818. The summed E-state index contributed by atoms with van der Waals surface area (Å²) in [6.45, 7) is 0.331. The largest absolute Gasteiger partial charge is 0.419 e. The molecule has 1 aromatic rings. The maximum atomic E-state index is 13.2. The van der Waals surface area contributed by atoms with Crippen LogP contribution >= 0.6 is 15.9 Å². The molecule has 1 saturated heterocycles. The first-order valence-electron chi connectivity index (χ1n) is 6.53. The average molecular weight is 353 g/mol. The molecule has 1 unspecified atom stereocenters. The molecule has 0 saturated carbocycles. The molecule has 1 atom stereocenters. The molecule has 0 bridgehead atoms. The SMILES string of the molecule is OCC1CCCCCN1c1ncc(Br)cc1C(F)(F)F. The standard InChI is InChI=1S/C13H16BrF3N2O/c14-9-6-11(13(15,16)17)12(18-7-9)19-5-3-1-2-4-10(19)8-20/h6-7,10,20H,1-5,8H2. The second-order valence-electron chi connectivity index (χ2n) is 4.90. The first-order valence-corrected chi connectivity index (χ1v) is 7.33. The van der Waals surface area contributed by atoms with Gasteiger partial charge in [-0.15, -0.1) is 0 Å². The van der Waals surface area contributed by atoms with Crippen molar-refractivity contribution >= 4 is 21.7 Å². The fourth-order valence-electron chi connectivity index (χ4n) is 2.52. The Balaban J connectivity index is 2.44. The van der Waals surface area contributed by atoms with Crippen molar-refractivity contribution in [3.05, 3.63) is 22.3 Å². The van der Waals surface area contributed by atoms with E-state index in [1.54, 1.807) is 4.90 Å². The molecule has 2 heterocycles. The number of alkyl halides is 3. The summed E-state index contributed by atoms with van der Waals surface area (Å²) < 4.78 is 39.8. The van der Waals surface area contributed by atoms with Crippen LogP contribution in [0.2, 0.25) is 0 Å². The van der Waals surface area contributed by atoms with Crippen LogP contribution in [0.15, 0.2) is 16.7 Å². The van der Waals surface area contributed by atoms with Gasteiger partial charge in [0.2, 0.25) is 0 Å². The third-order valence-corrected chi connectivity index (χ3v) is 3.93. The van der Waals surface area contributed by atoms with E-state index in [1.165, 1.54) is 6.20 Å². The molecule has 1 aliphatic rings. The number of pyridine rings is 1. The van der Waals surface area contributed by atoms with Gasteiger partial charge >= 0.3 is 6.18 Å². The molecule has 2 rings (SSSR count). The molecule has 1 aliphatic heterocycles. The lowest BCUT2D eigenvalue weighted by molar-refractivity contribution is -0.137. The van der Waals surface area contributed by atoms with Crippen LogP contribution in [0.3, 0.4) is 0 Å². The van der Waals surface area contributed by atoms with E-state index in [0.717, 1.165) is 25.3 Å². The number of aliphatic hydroxyl groups excluding tert-OH is 1. The fraction of sp³-hybridized carbons (Fsp3) is 0.615. The van der Waals surface area contributed by atoms with Crippen molar-refractivity contribution < 1.29 is 18.3 Å². The number of aromatic nitrogens is 1. The van der Waals surface area contributed by atoms with E-state index in [9.17, 15) is 18.3 Å². The Morgan fingerprint density at radius 3 is 2.75 bits per heavy atom. The number of hydrogen-bond acceptors (Lipinski definition) is 3. The van der Waals surface area contributed by atoms with E-state index in [-0.39, 0.29) is 18.5 Å². The number of nitrogens with zero attached hydrogens (tertiary/aromatic N) is 2. The Morgan fingerprint density at radius 1 is 1.35 bits per heavy atom. The summed E-state index contributed by atoms with van der Waals surface area (Å²) in [5, 5.41) is 9.44. The predicted molar refractivity (Wildman–Crippen MR) is 73.6 cm³/mol. The van der Waals surface area contributed by atoms with Gasteiger partial charge in [-0.3, -0.25) is 0 Å². The number of aliphatic hydroxyl groups is 1. The molecule has 20 heavy (non-hydrogen) atoms. The zero-order valence-corrected chi connectivity index (χ0v) is 12.4. The second-order valence-corrected chi connectivity index (χ2v) is 5.82. The van der Waals surface area contributed by atoms with Crippen molar-refractivity contribution in [3.8, 4) is 0 Å². The maximum Gasteiger partial charge on any atom is 0.419 e. The molecule has 0 amide bonds. The monoisotopic (exact) mass is 352 g/mol. The fourth-order valence-corrected chi connectivity index (χ4v) is 2.85. The normalized spacial score (nSPS) is 20.9. The molecule has 1 fully saturated rings. The molecule has 0 aliphatic carbocycles. The Labute approximate surface area is 123 Å². The highest BCUT2D eigenvalue weighted by Crippen LogP contribution is 2.38. The van der Waals surface area contributed by atoms with Gasteiger partial charge in [0.1, 0.15) is 5.82 Å². The van der Waals surface area contributed by atoms with Crippen LogP contribution in [-0.2, 0) is 6.18 Å². The minimum atomic E-state index is -4.46. The number of halogens is 4. The van der Waals surface area contributed by atoms with E-state index >= 15 is 0 Å². The topological polar surface area (TPSA) is 36.4 Å². The minimum absolute atomic E-state index is 0.0818. The van der Waals surface area contributed by atoms with E-state index in [4.69, 9.17) is 0 Å². The van der Waals surface area contributed by atoms with Gasteiger partial charge in [-0.05, 0) is 34.8 Å². The van der Waals surface area contributed by atoms with Gasteiger partial charge in [0.05, 0.1) is 18.2 Å². The van der Waals surface area contributed by atoms with Crippen molar-refractivity contribution in [1.29, 1.82) is 0 Å². The lowest BCUT2D eigenvalue weighted by atomic mass is 10.1. The van der Waals surface area contributed by atoms with Gasteiger partial charge in [-0.2, -0.15) is 13.2 Å². The Bertz CT molecular complexity index is 467. The average Bonchev–Trinajstić information content (AvgIpc) is 2.62. The third-order valence-electron chi connectivity index (χ3n) is 3.50. The summed E-state index contributed by atoms with van der Waals surface area (Å²) in [6, 6.07) is 0.744. The van der Waals surface area contributed by atoms with E-state index in [0.29, 0.717) is 17.4 Å². The summed E-state index contributed by atoms with van der Waals surface area (Å²) in [7, 11) is 0. The highest BCUT2D eigenvalue weighted by atomic mass is 79.9. The molecule has 7 heteroatoms. The number of hydrogen-bond donors (Lipinski definition) is 1. The molecular formula is C13H16BrF3N2O. The highest BCUT2D eigenvalue weighted by Gasteiger charge is 2.37. The molecule has 0 spiro atoms. The van der Waals surface area contributed by atoms with Crippen molar-refractivity contribution in [2.45, 2.75) is 37.9 Å². The van der Waals surface area contributed by atoms with Crippen molar-refractivity contribution in [3.63, 3.8) is 0 Å². The molecule has 0 radical (unpaired) electrons. The van der Waals surface area contributed by atoms with Crippen molar-refractivity contribution in [2.75, 3.05) is 18.1 Å². The number of rotatable bonds is 2. The zero-order chi connectivity index (χ0) is 14.8. The second kappa shape index (κ2) is 6.30. The first kappa shape index (κ1) is 15.6. The Hall–Kier alpha value is -0.820. The van der Waals surface area contributed by atoms with E-state index in [1.807, 2.05) is 0 Å². The lowest BCUT2D eigenvalue weighted by Crippen LogP contribution is -2.39. The predicted octanol–water partition coefficient (Wildman–Crippen LogP) is 3.60. The van der Waals surface area contributed by atoms with Crippen LogP contribution in [0.4, 0.5) is 19.0 Å². The van der Waals surface area contributed by atoms with Crippen LogP contribution in [-0.4, -0.2) is 29.3 Å². The minimum Gasteiger partial charge on any atom is -0.394 e. The molecule has 1 aromatic heterocycles. The zero-order valence-electron chi connectivity index (χ0n) is 10.8. The van der Waals surface area contributed by atoms with Crippen molar-refractivity contribution in [2.24, 2.45) is 0 Å². The lowest BCUT2D eigenvalue weighted by Gasteiger charge is -2.31. The van der Waals surface area contributed by atoms with Crippen LogP contribution < -0.4 is 4.90 Å². The van der Waals surface area contributed by atoms with Crippen LogP contribution in [0.25, 0.3) is 0 Å². The molecule has 0 aromatic carbocycles. The van der Waals surface area contributed by atoms with Crippen LogP contribution in [0.5, 0.6) is 0 Å². The summed E-state index contributed by atoms with van der Waals surface area (Å²) in [4.78, 5) is 5.56. The molecule has 112 valence electrons. The van der Waals surface area contributed by atoms with Gasteiger partial charge in [0.15, 0.2) is 0 Å². The number of anilines is 1. The quantitative estimate of drug-likeness (QED) is 0.883. The van der Waals surface area contributed by atoms with Gasteiger partial charge in [0, 0.05) is 17.2 Å². The van der Waals surface area contributed by atoms with Gasteiger partial charge in [-0.25, -0.2) is 4.98 Å². The van der Waals surface area contributed by atoms with Crippen LogP contribution in [0.1, 0.15) is 31.2 Å². The highest BCUT2D eigenvalue weighted by molar-refractivity contribution is 9.10. The summed E-state index contributed by atoms with van der Waals surface area (Å²) in [6.07, 6.45) is 0.282. The smallest absolute Gasteiger partial charge is 0.394 e. The van der Waals surface area contributed by atoms with Gasteiger partial charge < -0.3 is 10.0 Å². The maximum absolute atomic E-state index is 13.2. The molecular weight excluding hydrogens is 337 g/mol. The summed E-state index contributed by atoms with van der Waals surface area (Å²) in [5.41, 5.74) is -0.757.